The minimum Gasteiger partial charge on any atom is -0.477 e. The zero-order chi connectivity index (χ0) is 26.1. The topological polar surface area (TPSA) is 37.3 Å². The van der Waals surface area contributed by atoms with Gasteiger partial charge in [-0.3, -0.25) is 0 Å². The highest BCUT2D eigenvalue weighted by Gasteiger charge is 2.97. The molecule has 0 bridgehead atoms. The van der Waals surface area contributed by atoms with Crippen molar-refractivity contribution >= 4 is 5.97 Å². The molecule has 186 valence electrons. The summed E-state index contributed by atoms with van der Waals surface area (Å²) < 4.78 is 242. The molecule has 0 aromatic carbocycles. The summed E-state index contributed by atoms with van der Waals surface area (Å²) in [6.45, 7) is 0. The predicted octanol–water partition coefficient (Wildman–Crippen LogP) is 5.72. The molecule has 31 heavy (non-hydrogen) atoms. The monoisotopic (exact) mass is 515 g/mol. The van der Waals surface area contributed by atoms with Crippen molar-refractivity contribution in [2.75, 3.05) is 0 Å². The van der Waals surface area contributed by atoms with E-state index in [-0.39, 0.29) is 0 Å². The first-order valence-electron chi connectivity index (χ1n) is 6.27. The highest BCUT2D eigenvalue weighted by molar-refractivity contribution is 5.77. The maximum Gasteiger partial charge on any atom is 0.460 e. The van der Waals surface area contributed by atoms with Crippen molar-refractivity contribution in [2.24, 2.45) is 0 Å². The van der Waals surface area contributed by atoms with Crippen LogP contribution in [0.5, 0.6) is 0 Å². The minimum absolute atomic E-state index is 4.48. The van der Waals surface area contributed by atoms with E-state index in [2.05, 4.69) is 0 Å². The lowest BCUT2D eigenvalue weighted by atomic mass is 9.88. The van der Waals surface area contributed by atoms with Crippen molar-refractivity contribution in [3.8, 4) is 0 Å². The van der Waals surface area contributed by atoms with E-state index >= 15 is 0 Å². The van der Waals surface area contributed by atoms with Gasteiger partial charge in [0.2, 0.25) is 0 Å². The van der Waals surface area contributed by atoms with Crippen molar-refractivity contribution in [2.45, 2.75) is 53.6 Å². The van der Waals surface area contributed by atoms with E-state index < -0.39 is 59.5 Å². The average molecular weight is 515 g/mol. The molecule has 0 saturated carbocycles. The molecule has 0 aliphatic heterocycles. The van der Waals surface area contributed by atoms with Gasteiger partial charge < -0.3 is 5.11 Å². The molecule has 0 aliphatic rings. The minimum atomic E-state index is -9.06. The van der Waals surface area contributed by atoms with Crippen LogP contribution in [0.3, 0.4) is 0 Å². The molecule has 0 aromatic rings. The highest BCUT2D eigenvalue weighted by Crippen LogP contribution is 2.65. The fraction of sp³-hybridized carbons (Fsp3) is 0.900. The average Bonchev–Trinajstić information content (AvgIpc) is 2.52. The Morgan fingerprint density at radius 2 is 0.581 bits per heavy atom. The van der Waals surface area contributed by atoms with Gasteiger partial charge in [-0.2, -0.15) is 83.4 Å². The summed E-state index contributed by atoms with van der Waals surface area (Å²) in [5, 5.41) is 7.61. The fourth-order valence-electron chi connectivity index (χ4n) is 1.50. The van der Waals surface area contributed by atoms with Crippen LogP contribution in [0.15, 0.2) is 0 Å². The zero-order valence-corrected chi connectivity index (χ0v) is 13.0. The lowest BCUT2D eigenvalue weighted by Gasteiger charge is -2.43. The molecule has 2 nitrogen and oxygen atoms in total. The second-order valence-corrected chi connectivity index (χ2v) is 5.40. The van der Waals surface area contributed by atoms with Crippen molar-refractivity contribution < 1.29 is 93.3 Å². The molecule has 0 unspecified atom stereocenters. The molecule has 0 amide bonds. The van der Waals surface area contributed by atoms with Gasteiger partial charge in [0, 0.05) is 0 Å². The third-order valence-corrected chi connectivity index (χ3v) is 3.38. The molecule has 0 aromatic heterocycles. The van der Waals surface area contributed by atoms with Crippen LogP contribution in [0, 0.1) is 0 Å². The third-order valence-electron chi connectivity index (χ3n) is 3.38. The lowest BCUT2D eigenvalue weighted by molar-refractivity contribution is -0.467. The van der Waals surface area contributed by atoms with E-state index in [0.29, 0.717) is 0 Å². The SMILES string of the molecule is O=[13C](O)C(F)(F)C(F)(F)C(F)(F)C(F)(F)C(F)(F)C(F)(F)C(F)(F)C(F)(F)C(F)(F)F. The van der Waals surface area contributed by atoms with Crippen LogP contribution in [0.25, 0.3) is 0 Å². The Morgan fingerprint density at radius 3 is 0.774 bits per heavy atom. The van der Waals surface area contributed by atoms with Gasteiger partial charge in [-0.05, 0) is 0 Å². The Balaban J connectivity index is 6.95. The first-order valence-corrected chi connectivity index (χ1v) is 6.27. The number of alkyl halides is 19. The van der Waals surface area contributed by atoms with Gasteiger partial charge in [0.05, 0.1) is 0 Å². The Hall–Kier alpha value is -1.86. The number of carbonyl (C=O) groups is 1. The number of carboxylic acids is 1. The van der Waals surface area contributed by atoms with Crippen molar-refractivity contribution in [3.63, 3.8) is 0 Å². The summed E-state index contributed by atoms with van der Waals surface area (Å²) in [4.78, 5) is 9.80. The van der Waals surface area contributed by atoms with E-state index in [1.54, 1.807) is 0 Å². The summed E-state index contributed by atoms with van der Waals surface area (Å²) in [7, 11) is 0. The number of halogens is 19. The molecule has 0 heterocycles. The van der Waals surface area contributed by atoms with Gasteiger partial charge in [0.25, 0.3) is 0 Å². The van der Waals surface area contributed by atoms with Crippen LogP contribution < -0.4 is 0 Å². The Bertz CT molecular complexity index is 701. The van der Waals surface area contributed by atoms with Crippen LogP contribution in [0.1, 0.15) is 0 Å². The van der Waals surface area contributed by atoms with Crippen LogP contribution in [0.4, 0.5) is 83.4 Å². The number of hydrogen-bond acceptors (Lipinski definition) is 1. The van der Waals surface area contributed by atoms with E-state index in [4.69, 9.17) is 5.11 Å². The van der Waals surface area contributed by atoms with Crippen molar-refractivity contribution in [1.29, 1.82) is 0 Å². The maximum atomic E-state index is 13.1. The molecule has 0 saturated heterocycles. The predicted molar refractivity (Wildman–Crippen MR) is 53.3 cm³/mol. The molecule has 1 N–H and O–H groups in total. The van der Waals surface area contributed by atoms with Gasteiger partial charge in [0.1, 0.15) is 0 Å². The van der Waals surface area contributed by atoms with E-state index in [0.717, 1.165) is 0 Å². The Morgan fingerprint density at radius 1 is 0.387 bits per heavy atom. The zero-order valence-electron chi connectivity index (χ0n) is 13.0. The third kappa shape index (κ3) is 3.32. The van der Waals surface area contributed by atoms with Gasteiger partial charge in [-0.25, -0.2) is 4.79 Å². The summed E-state index contributed by atoms with van der Waals surface area (Å²) in [6, 6.07) is 0. The van der Waals surface area contributed by atoms with Gasteiger partial charge >= 0.3 is 59.5 Å². The molecule has 0 atom stereocenters. The van der Waals surface area contributed by atoms with Crippen molar-refractivity contribution in [3.05, 3.63) is 0 Å². The lowest BCUT2D eigenvalue weighted by Crippen LogP contribution is -2.76. The molecule has 0 fully saturated rings. The van der Waals surface area contributed by atoms with E-state index in [1.165, 1.54) is 0 Å². The summed E-state index contributed by atoms with van der Waals surface area (Å²) in [5.74, 6) is -73.3. The molecule has 0 rings (SSSR count). The van der Waals surface area contributed by atoms with Crippen LogP contribution in [0.2, 0.25) is 0 Å². The number of rotatable bonds is 8. The van der Waals surface area contributed by atoms with Gasteiger partial charge in [-0.15, -0.1) is 0 Å². The first kappa shape index (κ1) is 29.1. The largest absolute Gasteiger partial charge is 0.477 e. The number of hydrogen-bond donors (Lipinski definition) is 1. The molecular weight excluding hydrogens is 514 g/mol. The number of aliphatic carboxylic acids is 1. The number of carboxylic acid groups (broad SMARTS) is 1. The van der Waals surface area contributed by atoms with Crippen LogP contribution in [-0.2, 0) is 4.79 Å². The Labute approximate surface area is 154 Å². The van der Waals surface area contributed by atoms with E-state index in [9.17, 15) is 88.2 Å². The van der Waals surface area contributed by atoms with E-state index in [1.807, 2.05) is 0 Å². The molecule has 0 radical (unpaired) electrons. The summed E-state index contributed by atoms with van der Waals surface area (Å²) >= 11 is 0. The van der Waals surface area contributed by atoms with Crippen molar-refractivity contribution in [1.82, 2.24) is 0 Å². The van der Waals surface area contributed by atoms with Crippen LogP contribution in [-0.4, -0.2) is 64.6 Å². The van der Waals surface area contributed by atoms with Gasteiger partial charge in [-0.1, -0.05) is 0 Å². The standard InChI is InChI=1S/C10HF19O2/c11-2(12,1(30)31)3(13,14)4(15,16)5(17,18)6(19,20)7(21,22)8(23,24)9(25,26)10(27,28)29/h(H,30,31)/i1+1. The quantitative estimate of drug-likeness (QED) is 0.332. The molecule has 21 heteroatoms. The normalized spacial score (nSPS) is 16.5. The molecule has 0 aliphatic carbocycles. The van der Waals surface area contributed by atoms with Gasteiger partial charge in [0.15, 0.2) is 0 Å². The summed E-state index contributed by atoms with van der Waals surface area (Å²) in [5.41, 5.74) is 0. The fourth-order valence-corrected chi connectivity index (χ4v) is 1.50. The maximum absolute atomic E-state index is 13.1. The molecule has 0 spiro atoms. The smallest absolute Gasteiger partial charge is 0.460 e. The first-order chi connectivity index (χ1) is 12.9. The Kier molecular flexibility index (Phi) is 6.41. The summed E-state index contributed by atoms with van der Waals surface area (Å²) in [6.07, 6.45) is -7.95. The second-order valence-electron chi connectivity index (χ2n) is 5.40. The van der Waals surface area contributed by atoms with Crippen LogP contribution >= 0.6 is 0 Å². The second kappa shape index (κ2) is 6.82. The molecular formula is C10HF19O2. The highest BCUT2D eigenvalue weighted by atomic mass is 19.4.